The van der Waals surface area contributed by atoms with Gasteiger partial charge in [-0.1, -0.05) is 6.07 Å². The molecule has 0 bridgehead atoms. The minimum Gasteiger partial charge on any atom is -0.245 e. The molecule has 0 atom stereocenters. The minimum atomic E-state index is 0.391. The second-order valence-corrected chi connectivity index (χ2v) is 3.74. The van der Waals surface area contributed by atoms with E-state index in [0.29, 0.717) is 11.3 Å². The van der Waals surface area contributed by atoms with Crippen LogP contribution in [-0.2, 0) is 0 Å². The summed E-state index contributed by atoms with van der Waals surface area (Å²) in [6.07, 6.45) is 1.65. The molecule has 0 spiro atoms. The fourth-order valence-electron chi connectivity index (χ4n) is 1.65. The van der Waals surface area contributed by atoms with E-state index in [1.54, 1.807) is 12.3 Å². The van der Waals surface area contributed by atoms with Gasteiger partial charge in [0.25, 0.3) is 0 Å². The predicted octanol–water partition coefficient (Wildman–Crippen LogP) is 2.80. The van der Waals surface area contributed by atoms with Gasteiger partial charge in [0, 0.05) is 11.8 Å². The first kappa shape index (κ1) is 10.9. The minimum absolute atomic E-state index is 0.391. The molecule has 1 aromatic carbocycles. The average Bonchev–Trinajstić information content (AvgIpc) is 2.38. The van der Waals surface area contributed by atoms with E-state index in [0.717, 1.165) is 16.7 Å². The topological polar surface area (TPSA) is 60.5 Å². The number of aromatic nitrogens is 1. The van der Waals surface area contributed by atoms with Crippen LogP contribution in [0.1, 0.15) is 16.8 Å². The summed E-state index contributed by atoms with van der Waals surface area (Å²) < 4.78 is 0. The summed E-state index contributed by atoms with van der Waals surface area (Å²) in [5.74, 6) is 0. The van der Waals surface area contributed by atoms with Crippen molar-refractivity contribution in [3.8, 4) is 23.3 Å². The Balaban J connectivity index is 2.50. The Morgan fingerprint density at radius 1 is 1.00 bits per heavy atom. The molecule has 0 unspecified atom stereocenters. The van der Waals surface area contributed by atoms with Crippen LogP contribution in [0.15, 0.2) is 36.5 Å². The highest BCUT2D eigenvalue weighted by molar-refractivity contribution is 5.65. The molecule has 80 valence electrons. The molecule has 17 heavy (non-hydrogen) atoms. The number of nitriles is 2. The monoisotopic (exact) mass is 219 g/mol. The highest BCUT2D eigenvalue weighted by Crippen LogP contribution is 2.21. The molecule has 0 radical (unpaired) electrons. The molecule has 0 aliphatic heterocycles. The van der Waals surface area contributed by atoms with Crippen LogP contribution in [0, 0.1) is 29.6 Å². The Bertz CT molecular complexity index is 628. The highest BCUT2D eigenvalue weighted by atomic mass is 14.7. The van der Waals surface area contributed by atoms with Gasteiger partial charge in [0.15, 0.2) is 0 Å². The SMILES string of the molecule is Cc1cc(C#N)cc(-c2ccc(C#N)nc2)c1. The quantitative estimate of drug-likeness (QED) is 0.740. The first-order valence-corrected chi connectivity index (χ1v) is 5.11. The Morgan fingerprint density at radius 3 is 2.41 bits per heavy atom. The predicted molar refractivity (Wildman–Crippen MR) is 63.8 cm³/mol. The fraction of sp³-hybridized carbons (Fsp3) is 0.0714. The Kier molecular flexibility index (Phi) is 2.85. The summed E-state index contributed by atoms with van der Waals surface area (Å²) >= 11 is 0. The van der Waals surface area contributed by atoms with Crippen molar-refractivity contribution in [2.75, 3.05) is 0 Å². The summed E-state index contributed by atoms with van der Waals surface area (Å²) in [6, 6.07) is 13.2. The number of benzene rings is 1. The molecule has 0 fully saturated rings. The maximum Gasteiger partial charge on any atom is 0.140 e. The molecule has 1 aromatic heterocycles. The molecular formula is C14H9N3. The zero-order chi connectivity index (χ0) is 12.3. The van der Waals surface area contributed by atoms with Crippen LogP contribution in [0.2, 0.25) is 0 Å². The van der Waals surface area contributed by atoms with Gasteiger partial charge < -0.3 is 0 Å². The van der Waals surface area contributed by atoms with E-state index < -0.39 is 0 Å². The van der Waals surface area contributed by atoms with E-state index >= 15 is 0 Å². The summed E-state index contributed by atoms with van der Waals surface area (Å²) in [7, 11) is 0. The van der Waals surface area contributed by atoms with Gasteiger partial charge in [-0.2, -0.15) is 10.5 Å². The Hall–Kier alpha value is -2.65. The van der Waals surface area contributed by atoms with Crippen LogP contribution in [0.3, 0.4) is 0 Å². The molecule has 0 aliphatic rings. The average molecular weight is 219 g/mol. The molecule has 0 aliphatic carbocycles. The molecule has 0 N–H and O–H groups in total. The van der Waals surface area contributed by atoms with Gasteiger partial charge in [-0.15, -0.1) is 0 Å². The second-order valence-electron chi connectivity index (χ2n) is 3.74. The van der Waals surface area contributed by atoms with Crippen LogP contribution >= 0.6 is 0 Å². The van der Waals surface area contributed by atoms with Crippen LogP contribution in [0.25, 0.3) is 11.1 Å². The molecule has 3 heteroatoms. The maximum atomic E-state index is 8.91. The lowest BCUT2D eigenvalue weighted by Crippen LogP contribution is -1.86. The van der Waals surface area contributed by atoms with Gasteiger partial charge in [-0.3, -0.25) is 0 Å². The van der Waals surface area contributed by atoms with E-state index in [-0.39, 0.29) is 0 Å². The Labute approximate surface area is 99.6 Å². The normalized spacial score (nSPS) is 9.35. The maximum absolute atomic E-state index is 8.91. The number of hydrogen-bond donors (Lipinski definition) is 0. The summed E-state index contributed by atoms with van der Waals surface area (Å²) in [5.41, 5.74) is 3.90. The molecule has 2 rings (SSSR count). The third kappa shape index (κ3) is 2.30. The van der Waals surface area contributed by atoms with Crippen molar-refractivity contribution in [1.29, 1.82) is 10.5 Å². The summed E-state index contributed by atoms with van der Waals surface area (Å²) in [5, 5.41) is 17.6. The van der Waals surface area contributed by atoms with Gasteiger partial charge in [0.05, 0.1) is 11.6 Å². The van der Waals surface area contributed by atoms with Gasteiger partial charge in [0.1, 0.15) is 11.8 Å². The van der Waals surface area contributed by atoms with Gasteiger partial charge >= 0.3 is 0 Å². The Morgan fingerprint density at radius 2 is 1.82 bits per heavy atom. The number of nitrogens with zero attached hydrogens (tertiary/aromatic N) is 3. The van der Waals surface area contributed by atoms with Crippen molar-refractivity contribution < 1.29 is 0 Å². The van der Waals surface area contributed by atoms with Crippen molar-refractivity contribution in [3.63, 3.8) is 0 Å². The lowest BCUT2D eigenvalue weighted by atomic mass is 10.0. The van der Waals surface area contributed by atoms with E-state index in [1.165, 1.54) is 0 Å². The smallest absolute Gasteiger partial charge is 0.140 e. The van der Waals surface area contributed by atoms with Crippen molar-refractivity contribution >= 4 is 0 Å². The molecular weight excluding hydrogens is 210 g/mol. The first-order chi connectivity index (χ1) is 8.22. The molecule has 0 saturated carbocycles. The lowest BCUT2D eigenvalue weighted by molar-refractivity contribution is 1.26. The van der Waals surface area contributed by atoms with E-state index in [1.807, 2.05) is 37.3 Å². The van der Waals surface area contributed by atoms with Crippen LogP contribution in [0.4, 0.5) is 0 Å². The van der Waals surface area contributed by atoms with Gasteiger partial charge in [-0.25, -0.2) is 4.98 Å². The largest absolute Gasteiger partial charge is 0.245 e. The van der Waals surface area contributed by atoms with E-state index in [9.17, 15) is 0 Å². The lowest BCUT2D eigenvalue weighted by Gasteiger charge is -2.03. The molecule has 1 heterocycles. The molecule has 3 nitrogen and oxygen atoms in total. The van der Waals surface area contributed by atoms with Gasteiger partial charge in [-0.05, 0) is 42.3 Å². The third-order valence-corrected chi connectivity index (χ3v) is 2.42. The molecule has 0 amide bonds. The van der Waals surface area contributed by atoms with Crippen molar-refractivity contribution in [2.24, 2.45) is 0 Å². The van der Waals surface area contributed by atoms with Crippen LogP contribution in [-0.4, -0.2) is 4.98 Å². The van der Waals surface area contributed by atoms with E-state index in [2.05, 4.69) is 11.1 Å². The standard InChI is InChI=1S/C14H9N3/c1-10-4-11(7-15)6-13(5-10)12-2-3-14(8-16)17-9-12/h2-6,9H,1H3. The van der Waals surface area contributed by atoms with Crippen molar-refractivity contribution in [3.05, 3.63) is 53.3 Å². The van der Waals surface area contributed by atoms with Gasteiger partial charge in [0.2, 0.25) is 0 Å². The summed E-state index contributed by atoms with van der Waals surface area (Å²) in [4.78, 5) is 4.01. The zero-order valence-corrected chi connectivity index (χ0v) is 9.31. The number of hydrogen-bond acceptors (Lipinski definition) is 3. The number of pyridine rings is 1. The first-order valence-electron chi connectivity index (χ1n) is 5.11. The van der Waals surface area contributed by atoms with E-state index in [4.69, 9.17) is 10.5 Å². The zero-order valence-electron chi connectivity index (χ0n) is 9.31. The highest BCUT2D eigenvalue weighted by Gasteiger charge is 2.02. The second kappa shape index (κ2) is 4.47. The van der Waals surface area contributed by atoms with Crippen LogP contribution in [0.5, 0.6) is 0 Å². The summed E-state index contributed by atoms with van der Waals surface area (Å²) in [6.45, 7) is 1.95. The number of rotatable bonds is 1. The van der Waals surface area contributed by atoms with Crippen molar-refractivity contribution in [1.82, 2.24) is 4.98 Å². The van der Waals surface area contributed by atoms with Crippen molar-refractivity contribution in [2.45, 2.75) is 6.92 Å². The fourth-order valence-corrected chi connectivity index (χ4v) is 1.65. The van der Waals surface area contributed by atoms with Crippen LogP contribution < -0.4 is 0 Å². The third-order valence-electron chi connectivity index (χ3n) is 2.42. The molecule has 2 aromatic rings. The number of aryl methyl sites for hydroxylation is 1. The molecule has 0 saturated heterocycles.